The molecule has 0 atom stereocenters. The van der Waals surface area contributed by atoms with Crippen LogP contribution in [0.3, 0.4) is 0 Å². The molecule has 0 nitrogen and oxygen atoms in total. The molecule has 2 rings (SSSR count). The van der Waals surface area contributed by atoms with Crippen LogP contribution in [-0.2, 0) is 0 Å². The molecule has 0 saturated heterocycles. The van der Waals surface area contributed by atoms with Crippen LogP contribution in [0.4, 0.5) is 0 Å². The number of hydrogen-bond acceptors (Lipinski definition) is 0. The van der Waals surface area contributed by atoms with E-state index >= 15 is 0 Å². The van der Waals surface area contributed by atoms with Crippen LogP contribution in [0, 0.1) is 0 Å². The summed E-state index contributed by atoms with van der Waals surface area (Å²) in [5, 5.41) is 0. The summed E-state index contributed by atoms with van der Waals surface area (Å²) < 4.78 is 0. The fourth-order valence-corrected chi connectivity index (χ4v) is 1.77. The van der Waals surface area contributed by atoms with Crippen molar-refractivity contribution in [2.45, 2.75) is 13.3 Å². The molecule has 16 heavy (non-hydrogen) atoms. The Morgan fingerprint density at radius 3 is 2.31 bits per heavy atom. The first-order valence-electron chi connectivity index (χ1n) is 5.73. The second-order valence-electron chi connectivity index (χ2n) is 3.76. The van der Waals surface area contributed by atoms with E-state index in [-0.39, 0.29) is 0 Å². The molecule has 0 aromatic heterocycles. The maximum Gasteiger partial charge on any atom is -0.0112 e. The molecule has 0 fully saturated rings. The highest BCUT2D eigenvalue weighted by molar-refractivity contribution is 5.75. The topological polar surface area (TPSA) is 0 Å². The van der Waals surface area contributed by atoms with Gasteiger partial charge in [-0.25, -0.2) is 0 Å². The van der Waals surface area contributed by atoms with Crippen LogP contribution >= 0.6 is 0 Å². The standard InChI is InChI=1S/C16H16/c1-2-3-9-14-12-7-8-13-16(14)15-10-5-4-6-11-15/h3-13H,2H2,1H3. The van der Waals surface area contributed by atoms with Gasteiger partial charge in [-0.05, 0) is 23.1 Å². The summed E-state index contributed by atoms with van der Waals surface area (Å²) >= 11 is 0. The Balaban J connectivity index is 2.45. The van der Waals surface area contributed by atoms with Crippen molar-refractivity contribution in [3.8, 4) is 11.1 Å². The van der Waals surface area contributed by atoms with Gasteiger partial charge in [0.25, 0.3) is 0 Å². The van der Waals surface area contributed by atoms with Gasteiger partial charge in [0, 0.05) is 0 Å². The minimum absolute atomic E-state index is 1.07. The van der Waals surface area contributed by atoms with E-state index < -0.39 is 0 Å². The van der Waals surface area contributed by atoms with Crippen LogP contribution in [0.15, 0.2) is 60.7 Å². The minimum atomic E-state index is 1.07. The van der Waals surface area contributed by atoms with Gasteiger partial charge in [0.1, 0.15) is 0 Å². The van der Waals surface area contributed by atoms with Crippen molar-refractivity contribution in [2.75, 3.05) is 0 Å². The highest BCUT2D eigenvalue weighted by atomic mass is 14.0. The highest BCUT2D eigenvalue weighted by Gasteiger charge is 2.00. The zero-order valence-electron chi connectivity index (χ0n) is 9.56. The maximum absolute atomic E-state index is 2.20. The molecule has 2 aromatic rings. The molecule has 2 aromatic carbocycles. The van der Waals surface area contributed by atoms with E-state index in [1.54, 1.807) is 0 Å². The number of rotatable bonds is 3. The van der Waals surface area contributed by atoms with Gasteiger partial charge in [-0.15, -0.1) is 0 Å². The molecular formula is C16H16. The second kappa shape index (κ2) is 5.32. The average Bonchev–Trinajstić information content (AvgIpc) is 2.38. The molecule has 0 radical (unpaired) electrons. The lowest BCUT2D eigenvalue weighted by atomic mass is 9.99. The average molecular weight is 208 g/mol. The van der Waals surface area contributed by atoms with Crippen molar-refractivity contribution >= 4 is 6.08 Å². The van der Waals surface area contributed by atoms with Crippen LogP contribution in [0.25, 0.3) is 17.2 Å². The Bertz CT molecular complexity index is 466. The van der Waals surface area contributed by atoms with Crippen molar-refractivity contribution in [3.05, 3.63) is 66.2 Å². The van der Waals surface area contributed by atoms with Crippen molar-refractivity contribution in [1.82, 2.24) is 0 Å². The summed E-state index contributed by atoms with van der Waals surface area (Å²) in [4.78, 5) is 0. The van der Waals surface area contributed by atoms with Crippen LogP contribution in [0.2, 0.25) is 0 Å². The quantitative estimate of drug-likeness (QED) is 0.681. The molecule has 0 unspecified atom stereocenters. The van der Waals surface area contributed by atoms with E-state index in [2.05, 4.69) is 67.6 Å². The van der Waals surface area contributed by atoms with Gasteiger partial charge in [-0.3, -0.25) is 0 Å². The van der Waals surface area contributed by atoms with Gasteiger partial charge in [-0.2, -0.15) is 0 Å². The monoisotopic (exact) mass is 208 g/mol. The second-order valence-corrected chi connectivity index (χ2v) is 3.76. The minimum Gasteiger partial charge on any atom is -0.0842 e. The van der Waals surface area contributed by atoms with E-state index in [4.69, 9.17) is 0 Å². The fraction of sp³-hybridized carbons (Fsp3) is 0.125. The van der Waals surface area contributed by atoms with Crippen LogP contribution in [-0.4, -0.2) is 0 Å². The summed E-state index contributed by atoms with van der Waals surface area (Å²) in [6.45, 7) is 2.15. The Hall–Kier alpha value is -1.82. The largest absolute Gasteiger partial charge is 0.0842 e. The molecule has 0 saturated carbocycles. The maximum atomic E-state index is 2.20. The molecule has 0 amide bonds. The molecule has 0 aliphatic rings. The molecule has 0 heterocycles. The zero-order chi connectivity index (χ0) is 11.2. The number of hydrogen-bond donors (Lipinski definition) is 0. The van der Waals surface area contributed by atoms with Gasteiger partial charge < -0.3 is 0 Å². The van der Waals surface area contributed by atoms with Crippen LogP contribution in [0.5, 0.6) is 0 Å². The molecule has 0 heteroatoms. The Morgan fingerprint density at radius 2 is 1.56 bits per heavy atom. The molecule has 0 aliphatic carbocycles. The molecule has 0 bridgehead atoms. The van der Waals surface area contributed by atoms with Crippen LogP contribution in [0.1, 0.15) is 18.9 Å². The third-order valence-corrected chi connectivity index (χ3v) is 2.58. The van der Waals surface area contributed by atoms with E-state index in [0.29, 0.717) is 0 Å². The predicted molar refractivity (Wildman–Crippen MR) is 71.2 cm³/mol. The Morgan fingerprint density at radius 1 is 0.875 bits per heavy atom. The summed E-state index contributed by atoms with van der Waals surface area (Å²) in [7, 11) is 0. The van der Waals surface area contributed by atoms with Gasteiger partial charge in [0.05, 0.1) is 0 Å². The van der Waals surface area contributed by atoms with E-state index in [1.165, 1.54) is 16.7 Å². The van der Waals surface area contributed by atoms with Crippen LogP contribution < -0.4 is 0 Å². The Labute approximate surface area is 97.3 Å². The summed E-state index contributed by atoms with van der Waals surface area (Å²) in [6, 6.07) is 19.0. The van der Waals surface area contributed by atoms with E-state index in [9.17, 15) is 0 Å². The van der Waals surface area contributed by atoms with E-state index in [0.717, 1.165) is 6.42 Å². The van der Waals surface area contributed by atoms with Gasteiger partial charge in [0.15, 0.2) is 0 Å². The summed E-state index contributed by atoms with van der Waals surface area (Å²) in [6.07, 6.45) is 5.47. The normalized spacial score (nSPS) is 10.8. The SMILES string of the molecule is CCC=Cc1ccccc1-c1ccccc1. The molecule has 0 aliphatic heterocycles. The molecule has 0 spiro atoms. The molecular weight excluding hydrogens is 192 g/mol. The predicted octanol–water partition coefficient (Wildman–Crippen LogP) is 4.78. The van der Waals surface area contributed by atoms with Crippen molar-refractivity contribution in [1.29, 1.82) is 0 Å². The molecule has 0 N–H and O–H groups in total. The fourth-order valence-electron chi connectivity index (χ4n) is 1.77. The first kappa shape index (κ1) is 10.7. The molecule has 80 valence electrons. The zero-order valence-corrected chi connectivity index (χ0v) is 9.56. The third-order valence-electron chi connectivity index (χ3n) is 2.58. The van der Waals surface area contributed by atoms with Gasteiger partial charge in [0.2, 0.25) is 0 Å². The van der Waals surface area contributed by atoms with Crippen molar-refractivity contribution in [2.24, 2.45) is 0 Å². The first-order valence-corrected chi connectivity index (χ1v) is 5.73. The van der Waals surface area contributed by atoms with Gasteiger partial charge in [-0.1, -0.05) is 73.7 Å². The van der Waals surface area contributed by atoms with Crippen molar-refractivity contribution < 1.29 is 0 Å². The number of allylic oxidation sites excluding steroid dienone is 1. The number of benzene rings is 2. The third kappa shape index (κ3) is 2.40. The smallest absolute Gasteiger partial charge is 0.0112 e. The first-order chi connectivity index (χ1) is 7.92. The summed E-state index contributed by atoms with van der Waals surface area (Å²) in [5.41, 5.74) is 3.86. The van der Waals surface area contributed by atoms with E-state index in [1.807, 2.05) is 6.07 Å². The lowest BCUT2D eigenvalue weighted by Crippen LogP contribution is -1.81. The lowest BCUT2D eigenvalue weighted by Gasteiger charge is -2.05. The van der Waals surface area contributed by atoms with Gasteiger partial charge >= 0.3 is 0 Å². The highest BCUT2D eigenvalue weighted by Crippen LogP contribution is 2.24. The Kier molecular flexibility index (Phi) is 3.55. The lowest BCUT2D eigenvalue weighted by molar-refractivity contribution is 1.23. The summed E-state index contributed by atoms with van der Waals surface area (Å²) in [5.74, 6) is 0. The van der Waals surface area contributed by atoms with Crippen molar-refractivity contribution in [3.63, 3.8) is 0 Å².